The Morgan fingerprint density at radius 1 is 1.18 bits per heavy atom. The van der Waals surface area contributed by atoms with Gasteiger partial charge in [0, 0.05) is 32.3 Å². The Bertz CT molecular complexity index is 1230. The Labute approximate surface area is 198 Å². The molecule has 2 aliphatic heterocycles. The first kappa shape index (κ1) is 22.9. The summed E-state index contributed by atoms with van der Waals surface area (Å²) in [5.41, 5.74) is 0.517. The maximum Gasteiger partial charge on any atom is 0.295 e. The Morgan fingerprint density at radius 2 is 1.94 bits per heavy atom. The van der Waals surface area contributed by atoms with E-state index in [1.54, 1.807) is 0 Å². The van der Waals surface area contributed by atoms with Crippen LogP contribution in [-0.2, 0) is 16.1 Å². The molecule has 4 heterocycles. The predicted molar refractivity (Wildman–Crippen MR) is 124 cm³/mol. The Kier molecular flexibility index (Phi) is 6.55. The van der Waals surface area contributed by atoms with Crippen LogP contribution in [0.25, 0.3) is 10.3 Å². The molecule has 1 N–H and O–H groups in total. The molecule has 11 heteroatoms. The Hall–Kier alpha value is -2.92. The molecular weight excluding hydrogens is 464 g/mol. The van der Waals surface area contributed by atoms with Crippen molar-refractivity contribution < 1.29 is 18.3 Å². The molecular formula is C23H25F2N5O3S. The van der Waals surface area contributed by atoms with Crippen molar-refractivity contribution in [1.29, 1.82) is 0 Å². The van der Waals surface area contributed by atoms with E-state index in [9.17, 15) is 18.4 Å². The van der Waals surface area contributed by atoms with Crippen molar-refractivity contribution in [3.8, 4) is 0 Å². The van der Waals surface area contributed by atoms with E-state index in [1.807, 2.05) is 35.2 Å². The number of nitrogens with one attached hydrogen (secondary N) is 1. The van der Waals surface area contributed by atoms with E-state index < -0.39 is 29.9 Å². The van der Waals surface area contributed by atoms with Crippen LogP contribution in [0.1, 0.15) is 49.5 Å². The van der Waals surface area contributed by atoms with Crippen molar-refractivity contribution in [1.82, 2.24) is 19.9 Å². The predicted octanol–water partition coefficient (Wildman–Crippen LogP) is 3.43. The molecule has 0 radical (unpaired) electrons. The molecule has 2 saturated heterocycles. The molecule has 34 heavy (non-hydrogen) atoms. The number of ether oxygens (including phenoxy) is 1. The van der Waals surface area contributed by atoms with Gasteiger partial charge in [-0.2, -0.15) is 0 Å². The summed E-state index contributed by atoms with van der Waals surface area (Å²) in [5, 5.41) is 3.43. The number of hydrogen-bond donors (Lipinski definition) is 1. The fourth-order valence-electron chi connectivity index (χ4n) is 4.64. The number of fused-ring (bicyclic) bond motifs is 1. The summed E-state index contributed by atoms with van der Waals surface area (Å²) in [4.78, 5) is 36.8. The zero-order valence-corrected chi connectivity index (χ0v) is 19.3. The van der Waals surface area contributed by atoms with E-state index in [-0.39, 0.29) is 16.3 Å². The third kappa shape index (κ3) is 4.41. The van der Waals surface area contributed by atoms with Crippen molar-refractivity contribution in [2.45, 2.75) is 50.7 Å². The lowest BCUT2D eigenvalue weighted by atomic mass is 10.1. The maximum absolute atomic E-state index is 13.9. The fourth-order valence-corrected chi connectivity index (χ4v) is 5.65. The number of hydrogen-bond acceptors (Lipinski definition) is 7. The van der Waals surface area contributed by atoms with Crippen molar-refractivity contribution in [3.05, 3.63) is 52.1 Å². The summed E-state index contributed by atoms with van der Waals surface area (Å²) in [5.74, 6) is -0.653. The van der Waals surface area contributed by atoms with Gasteiger partial charge in [0.15, 0.2) is 21.3 Å². The highest BCUT2D eigenvalue weighted by Crippen LogP contribution is 2.34. The second kappa shape index (κ2) is 9.75. The molecule has 0 saturated carbocycles. The molecule has 180 valence electrons. The number of halogens is 2. The SMILES string of the molecule is O=C(NCc1ccccc1)C1CCCN1c1nc2c(=O)n(C3CCOCC3)c(C(F)F)nc2s1. The largest absolute Gasteiger partial charge is 0.381 e. The molecule has 1 aromatic carbocycles. The Balaban J connectivity index is 1.43. The van der Waals surface area contributed by atoms with Gasteiger partial charge in [0.2, 0.25) is 5.91 Å². The van der Waals surface area contributed by atoms with Gasteiger partial charge in [-0.1, -0.05) is 41.7 Å². The number of alkyl halides is 2. The van der Waals surface area contributed by atoms with E-state index in [1.165, 1.54) is 0 Å². The van der Waals surface area contributed by atoms with Crippen LogP contribution in [0.3, 0.4) is 0 Å². The van der Waals surface area contributed by atoms with Crippen LogP contribution in [-0.4, -0.2) is 46.2 Å². The lowest BCUT2D eigenvalue weighted by molar-refractivity contribution is -0.122. The molecule has 2 aromatic heterocycles. The minimum absolute atomic E-state index is 0.0752. The quantitative estimate of drug-likeness (QED) is 0.571. The first-order valence-corrected chi connectivity index (χ1v) is 12.2. The standard InChI is InChI=1S/C23H25F2N5O3S/c24-18(25)19-28-21-17(22(32)30(19)15-8-11-33-12-9-15)27-23(34-21)29-10-4-7-16(29)20(31)26-13-14-5-2-1-3-6-14/h1-3,5-6,15-16,18H,4,7-13H2,(H,26,31). The van der Waals surface area contributed by atoms with Crippen LogP contribution < -0.4 is 15.8 Å². The molecule has 1 unspecified atom stereocenters. The molecule has 0 aliphatic carbocycles. The van der Waals surface area contributed by atoms with Crippen LogP contribution in [0.2, 0.25) is 0 Å². The number of carbonyl (C=O) groups is 1. The molecule has 5 rings (SSSR count). The lowest BCUT2D eigenvalue weighted by Gasteiger charge is -2.25. The van der Waals surface area contributed by atoms with E-state index in [4.69, 9.17) is 4.74 Å². The van der Waals surface area contributed by atoms with Gasteiger partial charge in [0.1, 0.15) is 6.04 Å². The zero-order valence-electron chi connectivity index (χ0n) is 18.5. The minimum atomic E-state index is -2.88. The van der Waals surface area contributed by atoms with Gasteiger partial charge in [0.05, 0.1) is 0 Å². The number of amides is 1. The molecule has 3 aromatic rings. The van der Waals surface area contributed by atoms with Crippen LogP contribution in [0.15, 0.2) is 35.1 Å². The first-order chi connectivity index (χ1) is 16.5. The molecule has 0 bridgehead atoms. The third-order valence-corrected chi connectivity index (χ3v) is 7.33. The number of benzene rings is 1. The molecule has 2 fully saturated rings. The average Bonchev–Trinajstić information content (AvgIpc) is 3.51. The molecule has 0 spiro atoms. The highest BCUT2D eigenvalue weighted by Gasteiger charge is 2.34. The highest BCUT2D eigenvalue weighted by molar-refractivity contribution is 7.21. The normalized spacial score (nSPS) is 19.3. The molecule has 8 nitrogen and oxygen atoms in total. The number of anilines is 1. The summed E-state index contributed by atoms with van der Waals surface area (Å²) >= 11 is 1.08. The van der Waals surface area contributed by atoms with Gasteiger partial charge in [-0.15, -0.1) is 0 Å². The molecule has 2 aliphatic rings. The molecule has 1 amide bonds. The topological polar surface area (TPSA) is 89.4 Å². The third-order valence-electron chi connectivity index (χ3n) is 6.34. The summed E-state index contributed by atoms with van der Waals surface area (Å²) in [6.07, 6.45) is -0.493. The van der Waals surface area contributed by atoms with Crippen LogP contribution >= 0.6 is 11.3 Å². The van der Waals surface area contributed by atoms with Crippen LogP contribution in [0.5, 0.6) is 0 Å². The fraction of sp³-hybridized carbons (Fsp3) is 0.478. The summed E-state index contributed by atoms with van der Waals surface area (Å²) < 4.78 is 34.1. The Morgan fingerprint density at radius 3 is 2.68 bits per heavy atom. The van der Waals surface area contributed by atoms with Gasteiger partial charge in [-0.3, -0.25) is 14.2 Å². The second-order valence-corrected chi connectivity index (χ2v) is 9.45. The monoisotopic (exact) mass is 489 g/mol. The number of thiazole rings is 1. The second-order valence-electron chi connectivity index (χ2n) is 8.49. The van der Waals surface area contributed by atoms with Crippen molar-refractivity contribution >= 4 is 32.7 Å². The minimum Gasteiger partial charge on any atom is -0.381 e. The van der Waals surface area contributed by atoms with Gasteiger partial charge in [0.25, 0.3) is 12.0 Å². The van der Waals surface area contributed by atoms with E-state index >= 15 is 0 Å². The van der Waals surface area contributed by atoms with Crippen LogP contribution in [0, 0.1) is 0 Å². The number of aromatic nitrogens is 3. The number of nitrogens with zero attached hydrogens (tertiary/aromatic N) is 4. The average molecular weight is 490 g/mol. The first-order valence-electron chi connectivity index (χ1n) is 11.4. The number of rotatable bonds is 6. The van der Waals surface area contributed by atoms with E-state index in [0.717, 1.165) is 27.9 Å². The van der Waals surface area contributed by atoms with Gasteiger partial charge >= 0.3 is 0 Å². The van der Waals surface area contributed by atoms with Crippen molar-refractivity contribution in [3.63, 3.8) is 0 Å². The molecule has 1 atom stereocenters. The smallest absolute Gasteiger partial charge is 0.295 e. The van der Waals surface area contributed by atoms with Gasteiger partial charge in [-0.05, 0) is 31.2 Å². The summed E-state index contributed by atoms with van der Waals surface area (Å²) in [6, 6.07) is 8.80. The summed E-state index contributed by atoms with van der Waals surface area (Å²) in [6.45, 7) is 1.83. The van der Waals surface area contributed by atoms with Crippen molar-refractivity contribution in [2.24, 2.45) is 0 Å². The van der Waals surface area contributed by atoms with Crippen molar-refractivity contribution in [2.75, 3.05) is 24.7 Å². The zero-order chi connectivity index (χ0) is 23.7. The van der Waals surface area contributed by atoms with Crippen LogP contribution in [0.4, 0.5) is 13.9 Å². The number of carbonyl (C=O) groups excluding carboxylic acids is 1. The summed E-state index contributed by atoms with van der Waals surface area (Å²) in [7, 11) is 0. The van der Waals surface area contributed by atoms with E-state index in [0.29, 0.717) is 50.7 Å². The van der Waals surface area contributed by atoms with E-state index in [2.05, 4.69) is 15.3 Å². The highest BCUT2D eigenvalue weighted by atomic mass is 32.1. The van der Waals surface area contributed by atoms with Gasteiger partial charge in [-0.25, -0.2) is 18.7 Å². The lowest BCUT2D eigenvalue weighted by Crippen LogP contribution is -2.43. The maximum atomic E-state index is 13.9. The van der Waals surface area contributed by atoms with Gasteiger partial charge < -0.3 is 15.0 Å².